The first kappa shape index (κ1) is 47.5. The average Bonchev–Trinajstić information content (AvgIpc) is 1.52. The van der Waals surface area contributed by atoms with Crippen LogP contribution in [0.3, 0.4) is 0 Å². The molecule has 0 N–H and O–H groups in total. The second-order valence-corrected chi connectivity index (χ2v) is 23.1. The summed E-state index contributed by atoms with van der Waals surface area (Å²) in [7, 11) is 0. The SMILES string of the molecule is CC1(C)c2cc(N(c3ccccc3)c3cccc4c3oc3c(-c5ccccc5)cccc34)ccc2-c2c1c1cc(-c3ccccc3)cc3c4oc5cc(N(c6ccccc6)c6cccc7c6oc6c(-c8ccccc8)cccc67)ccc5c4n2c13. The molecular weight excluding hydrogens is 1040 g/mol. The van der Waals surface area contributed by atoms with Crippen LogP contribution in [0.2, 0.25) is 0 Å². The predicted molar refractivity (Wildman–Crippen MR) is 351 cm³/mol. The third kappa shape index (κ3) is 6.88. The monoisotopic (exact) mass is 1090 g/mol. The number of hydrogen-bond acceptors (Lipinski definition) is 5. The predicted octanol–water partition coefficient (Wildman–Crippen LogP) is 22.5. The average molecular weight is 1090 g/mol. The molecule has 0 atom stereocenters. The number of furan rings is 3. The van der Waals surface area contributed by atoms with Crippen molar-refractivity contribution in [1.29, 1.82) is 0 Å². The molecule has 0 fully saturated rings. The molecule has 6 nitrogen and oxygen atoms in total. The van der Waals surface area contributed by atoms with Gasteiger partial charge in [-0.3, -0.25) is 0 Å². The van der Waals surface area contributed by atoms with Crippen molar-refractivity contribution in [2.45, 2.75) is 19.3 Å². The molecule has 0 spiro atoms. The molecule has 1 aliphatic carbocycles. The van der Waals surface area contributed by atoms with E-state index in [1.54, 1.807) is 0 Å². The standard InChI is InChI=1S/C79H51N3O3/c1-79(2)66-46-54(80(52-28-14-6-15-29-52)67-38-20-36-60-58-34-18-32-56(74(58)84-76(60)67)49-24-10-4-11-25-49)40-42-62(66)72-70(79)64-44-51(48-22-8-3-9-23-48)45-65-71(64)82(72)73-63-43-41-55(47-69(63)83-78(65)73)81(53-30-16-7-17-31-53)68-39-21-37-61-59-35-19-33-57(75(59)85-77(61)68)50-26-12-5-13-27-50/h3-47H,1-2H3. The maximum Gasteiger partial charge on any atom is 0.161 e. The highest BCUT2D eigenvalue weighted by molar-refractivity contribution is 6.24. The first-order valence-electron chi connectivity index (χ1n) is 29.1. The molecule has 85 heavy (non-hydrogen) atoms. The lowest BCUT2D eigenvalue weighted by Gasteiger charge is -2.28. The van der Waals surface area contributed by atoms with Crippen molar-refractivity contribution >= 4 is 116 Å². The Kier molecular flexibility index (Phi) is 10.0. The van der Waals surface area contributed by atoms with E-state index in [1.807, 2.05) is 0 Å². The molecule has 18 rings (SSSR count). The van der Waals surface area contributed by atoms with Gasteiger partial charge < -0.3 is 27.5 Å². The van der Waals surface area contributed by atoms with Gasteiger partial charge in [0.1, 0.15) is 22.3 Å². The van der Waals surface area contributed by atoms with Crippen LogP contribution in [0, 0.1) is 0 Å². The van der Waals surface area contributed by atoms with Crippen molar-refractivity contribution in [3.8, 4) is 44.6 Å². The summed E-state index contributed by atoms with van der Waals surface area (Å²) in [5.74, 6) is 0. The van der Waals surface area contributed by atoms with Gasteiger partial charge in [0.2, 0.25) is 0 Å². The lowest BCUT2D eigenvalue weighted by Crippen LogP contribution is -2.16. The van der Waals surface area contributed by atoms with Gasteiger partial charge in [0.25, 0.3) is 0 Å². The van der Waals surface area contributed by atoms with Gasteiger partial charge in [-0.05, 0) is 106 Å². The van der Waals surface area contributed by atoms with E-state index < -0.39 is 5.41 Å². The zero-order chi connectivity index (χ0) is 56.1. The summed E-state index contributed by atoms with van der Waals surface area (Å²) < 4.78 is 24.1. The van der Waals surface area contributed by atoms with Gasteiger partial charge in [0.15, 0.2) is 16.7 Å². The number of benzene rings is 12. The Morgan fingerprint density at radius 2 is 0.776 bits per heavy atom. The Hall–Kier alpha value is -11.1. The van der Waals surface area contributed by atoms with Crippen LogP contribution < -0.4 is 9.80 Å². The van der Waals surface area contributed by atoms with Crippen molar-refractivity contribution in [2.75, 3.05) is 9.80 Å². The molecule has 0 bridgehead atoms. The summed E-state index contributed by atoms with van der Waals surface area (Å²) in [6.07, 6.45) is 0. The summed E-state index contributed by atoms with van der Waals surface area (Å²) in [4.78, 5) is 4.68. The van der Waals surface area contributed by atoms with Gasteiger partial charge >= 0.3 is 0 Å². The number of rotatable bonds is 9. The minimum absolute atomic E-state index is 0.408. The minimum Gasteiger partial charge on any atom is -0.454 e. The van der Waals surface area contributed by atoms with Crippen LogP contribution in [0.4, 0.5) is 34.1 Å². The first-order valence-corrected chi connectivity index (χ1v) is 29.1. The lowest BCUT2D eigenvalue weighted by molar-refractivity contribution is 0.665. The van der Waals surface area contributed by atoms with Crippen molar-refractivity contribution in [1.82, 2.24) is 4.40 Å². The highest BCUT2D eigenvalue weighted by atomic mass is 16.3. The molecule has 1 aliphatic rings. The Labute approximate surface area is 489 Å². The smallest absolute Gasteiger partial charge is 0.161 e. The highest BCUT2D eigenvalue weighted by Gasteiger charge is 2.43. The molecule has 17 aromatic rings. The van der Waals surface area contributed by atoms with Crippen molar-refractivity contribution in [3.05, 3.63) is 284 Å². The summed E-state index contributed by atoms with van der Waals surface area (Å²) in [6.45, 7) is 4.81. The fraction of sp³-hybridized carbons (Fsp3) is 0.0380. The summed E-state index contributed by atoms with van der Waals surface area (Å²) in [5, 5.41) is 7.68. The molecule has 0 radical (unpaired) electrons. The van der Waals surface area contributed by atoms with Gasteiger partial charge in [-0.1, -0.05) is 208 Å². The van der Waals surface area contributed by atoms with Gasteiger partial charge in [-0.25, -0.2) is 0 Å². The van der Waals surface area contributed by atoms with Crippen LogP contribution in [-0.4, -0.2) is 4.40 Å². The first-order chi connectivity index (χ1) is 41.9. The summed E-state index contributed by atoms with van der Waals surface area (Å²) in [5.41, 5.74) is 24.6. The Morgan fingerprint density at radius 3 is 1.33 bits per heavy atom. The van der Waals surface area contributed by atoms with E-state index in [1.165, 1.54) is 33.3 Å². The van der Waals surface area contributed by atoms with Gasteiger partial charge in [-0.15, -0.1) is 0 Å². The number of para-hydroxylation sites is 6. The van der Waals surface area contributed by atoms with Crippen molar-refractivity contribution in [2.24, 2.45) is 0 Å². The quantitative estimate of drug-likeness (QED) is 0.144. The molecule has 400 valence electrons. The Bertz CT molecular complexity index is 5500. The molecule has 0 saturated carbocycles. The molecular formula is C79H51N3O3. The van der Waals surface area contributed by atoms with Gasteiger partial charge in [-0.2, -0.15) is 0 Å². The molecule has 12 aromatic carbocycles. The topological polar surface area (TPSA) is 50.3 Å². The van der Waals surface area contributed by atoms with Crippen LogP contribution in [-0.2, 0) is 5.41 Å². The fourth-order valence-electron chi connectivity index (χ4n) is 14.3. The van der Waals surface area contributed by atoms with E-state index in [0.717, 1.165) is 139 Å². The van der Waals surface area contributed by atoms with E-state index in [2.05, 4.69) is 301 Å². The number of hydrogen-bond donors (Lipinski definition) is 0. The highest BCUT2D eigenvalue weighted by Crippen LogP contribution is 2.58. The van der Waals surface area contributed by atoms with Crippen LogP contribution in [0.25, 0.3) is 127 Å². The molecule has 0 saturated heterocycles. The van der Waals surface area contributed by atoms with Crippen molar-refractivity contribution < 1.29 is 13.3 Å². The molecule has 0 aliphatic heterocycles. The van der Waals surface area contributed by atoms with Crippen LogP contribution >= 0.6 is 0 Å². The number of fused-ring (bicyclic) bond motifs is 16. The van der Waals surface area contributed by atoms with Crippen LogP contribution in [0.1, 0.15) is 25.0 Å². The van der Waals surface area contributed by atoms with Gasteiger partial charge in [0.05, 0.1) is 28.3 Å². The number of anilines is 6. The molecule has 0 unspecified atom stereocenters. The van der Waals surface area contributed by atoms with Crippen LogP contribution in [0.15, 0.2) is 286 Å². The number of nitrogens with zero attached hydrogens (tertiary/aromatic N) is 3. The van der Waals surface area contributed by atoms with E-state index in [9.17, 15) is 0 Å². The maximum atomic E-state index is 7.35. The lowest BCUT2D eigenvalue weighted by atomic mass is 9.81. The zero-order valence-corrected chi connectivity index (χ0v) is 46.5. The van der Waals surface area contributed by atoms with Crippen LogP contribution in [0.5, 0.6) is 0 Å². The third-order valence-electron chi connectivity index (χ3n) is 18.0. The molecule has 5 aromatic heterocycles. The maximum absolute atomic E-state index is 7.35. The summed E-state index contributed by atoms with van der Waals surface area (Å²) in [6, 6.07) is 97.6. The Balaban J connectivity index is 0.839. The Morgan fingerprint density at radius 1 is 0.306 bits per heavy atom. The van der Waals surface area contributed by atoms with E-state index in [4.69, 9.17) is 13.3 Å². The molecule has 5 heterocycles. The minimum atomic E-state index is -0.408. The zero-order valence-electron chi connectivity index (χ0n) is 46.5. The largest absolute Gasteiger partial charge is 0.454 e. The normalized spacial score (nSPS) is 12.9. The third-order valence-corrected chi connectivity index (χ3v) is 18.0. The van der Waals surface area contributed by atoms with Crippen molar-refractivity contribution in [3.63, 3.8) is 0 Å². The number of aromatic nitrogens is 1. The molecule has 6 heteroatoms. The second-order valence-electron chi connectivity index (χ2n) is 23.1. The molecule has 0 amide bonds. The van der Waals surface area contributed by atoms with Gasteiger partial charge in [0, 0.05) is 82.9 Å². The fourth-order valence-corrected chi connectivity index (χ4v) is 14.3. The second kappa shape index (κ2) is 18.0. The summed E-state index contributed by atoms with van der Waals surface area (Å²) >= 11 is 0. The van der Waals surface area contributed by atoms with E-state index in [0.29, 0.717) is 0 Å². The van der Waals surface area contributed by atoms with E-state index in [-0.39, 0.29) is 0 Å². The van der Waals surface area contributed by atoms with E-state index >= 15 is 0 Å².